The zero-order chi connectivity index (χ0) is 10.5. The standard InChI is InChI=1S/C11H11N3O/c12-10-4-2-6-14-11(10)15-8-9-3-1-5-13-7-9/h1-7H,8,12H2. The van der Waals surface area contributed by atoms with Crippen molar-refractivity contribution in [1.29, 1.82) is 0 Å². The van der Waals surface area contributed by atoms with Crippen LogP contribution < -0.4 is 10.5 Å². The summed E-state index contributed by atoms with van der Waals surface area (Å²) in [6.07, 6.45) is 5.12. The number of nitrogens with zero attached hydrogens (tertiary/aromatic N) is 2. The van der Waals surface area contributed by atoms with E-state index < -0.39 is 0 Å². The first-order chi connectivity index (χ1) is 7.36. The molecule has 0 bridgehead atoms. The first kappa shape index (κ1) is 9.45. The highest BCUT2D eigenvalue weighted by Gasteiger charge is 2.00. The third-order valence-corrected chi connectivity index (χ3v) is 1.90. The summed E-state index contributed by atoms with van der Waals surface area (Å²) >= 11 is 0. The van der Waals surface area contributed by atoms with Crippen molar-refractivity contribution >= 4 is 5.69 Å². The van der Waals surface area contributed by atoms with Gasteiger partial charge < -0.3 is 10.5 Å². The van der Waals surface area contributed by atoms with Gasteiger partial charge in [-0.15, -0.1) is 0 Å². The van der Waals surface area contributed by atoms with E-state index in [0.29, 0.717) is 18.2 Å². The first-order valence-corrected chi connectivity index (χ1v) is 4.58. The number of hydrogen-bond donors (Lipinski definition) is 1. The van der Waals surface area contributed by atoms with E-state index in [4.69, 9.17) is 10.5 Å². The van der Waals surface area contributed by atoms with Gasteiger partial charge in [0.2, 0.25) is 5.88 Å². The molecule has 4 heteroatoms. The highest BCUT2D eigenvalue weighted by molar-refractivity contribution is 5.46. The Morgan fingerprint density at radius 1 is 1.20 bits per heavy atom. The van der Waals surface area contributed by atoms with E-state index in [-0.39, 0.29) is 0 Å². The average Bonchev–Trinajstić information content (AvgIpc) is 2.29. The van der Waals surface area contributed by atoms with E-state index in [1.807, 2.05) is 12.1 Å². The molecule has 0 fully saturated rings. The van der Waals surface area contributed by atoms with E-state index >= 15 is 0 Å². The second kappa shape index (κ2) is 4.41. The van der Waals surface area contributed by atoms with Crippen molar-refractivity contribution in [2.75, 3.05) is 5.73 Å². The molecule has 0 radical (unpaired) electrons. The molecule has 76 valence electrons. The lowest BCUT2D eigenvalue weighted by molar-refractivity contribution is 0.295. The fraction of sp³-hybridized carbons (Fsp3) is 0.0909. The Bertz CT molecular complexity index is 431. The van der Waals surface area contributed by atoms with E-state index in [1.54, 1.807) is 30.7 Å². The SMILES string of the molecule is Nc1cccnc1OCc1cccnc1. The number of pyridine rings is 2. The van der Waals surface area contributed by atoms with Gasteiger partial charge in [0.1, 0.15) is 6.61 Å². The van der Waals surface area contributed by atoms with Crippen LogP contribution in [0.15, 0.2) is 42.9 Å². The minimum Gasteiger partial charge on any atom is -0.471 e. The van der Waals surface area contributed by atoms with Gasteiger partial charge in [-0.25, -0.2) is 4.98 Å². The third kappa shape index (κ3) is 2.43. The summed E-state index contributed by atoms with van der Waals surface area (Å²) in [6.45, 7) is 0.426. The average molecular weight is 201 g/mol. The molecular formula is C11H11N3O. The van der Waals surface area contributed by atoms with Crippen LogP contribution in [0.1, 0.15) is 5.56 Å². The van der Waals surface area contributed by atoms with Gasteiger partial charge in [-0.1, -0.05) is 6.07 Å². The van der Waals surface area contributed by atoms with Gasteiger partial charge in [-0.3, -0.25) is 4.98 Å². The first-order valence-electron chi connectivity index (χ1n) is 4.58. The highest BCUT2D eigenvalue weighted by atomic mass is 16.5. The molecule has 0 unspecified atom stereocenters. The van der Waals surface area contributed by atoms with Crippen molar-refractivity contribution in [3.63, 3.8) is 0 Å². The van der Waals surface area contributed by atoms with E-state index in [0.717, 1.165) is 5.56 Å². The van der Waals surface area contributed by atoms with Gasteiger partial charge in [0.15, 0.2) is 0 Å². The molecule has 0 aliphatic carbocycles. The largest absolute Gasteiger partial charge is 0.471 e. The number of aromatic nitrogens is 2. The summed E-state index contributed by atoms with van der Waals surface area (Å²) < 4.78 is 5.45. The summed E-state index contributed by atoms with van der Waals surface area (Å²) in [5.74, 6) is 0.460. The van der Waals surface area contributed by atoms with Gasteiger partial charge in [0.25, 0.3) is 0 Å². The van der Waals surface area contributed by atoms with Crippen LogP contribution in [0, 0.1) is 0 Å². The van der Waals surface area contributed by atoms with Gasteiger partial charge >= 0.3 is 0 Å². The number of nitrogens with two attached hydrogens (primary N) is 1. The quantitative estimate of drug-likeness (QED) is 0.820. The Labute approximate surface area is 87.7 Å². The maximum atomic E-state index is 5.68. The van der Waals surface area contributed by atoms with Crippen molar-refractivity contribution in [3.8, 4) is 5.88 Å². The Kier molecular flexibility index (Phi) is 2.78. The molecule has 0 aliphatic rings. The number of rotatable bonds is 3. The maximum absolute atomic E-state index is 5.68. The fourth-order valence-corrected chi connectivity index (χ4v) is 1.16. The molecule has 2 aromatic rings. The van der Waals surface area contributed by atoms with Crippen LogP contribution in [-0.4, -0.2) is 9.97 Å². The van der Waals surface area contributed by atoms with Crippen LogP contribution in [0.5, 0.6) is 5.88 Å². The Morgan fingerprint density at radius 3 is 2.80 bits per heavy atom. The van der Waals surface area contributed by atoms with Crippen molar-refractivity contribution in [2.24, 2.45) is 0 Å². The molecule has 0 amide bonds. The lowest BCUT2D eigenvalue weighted by Gasteiger charge is -2.06. The molecular weight excluding hydrogens is 190 g/mol. The lowest BCUT2D eigenvalue weighted by atomic mass is 10.3. The van der Waals surface area contributed by atoms with Crippen molar-refractivity contribution in [1.82, 2.24) is 9.97 Å². The predicted molar refractivity (Wildman–Crippen MR) is 57.2 cm³/mol. The maximum Gasteiger partial charge on any atom is 0.237 e. The molecule has 0 spiro atoms. The molecule has 0 aliphatic heterocycles. The van der Waals surface area contributed by atoms with Gasteiger partial charge in [0, 0.05) is 24.2 Å². The number of hydrogen-bond acceptors (Lipinski definition) is 4. The highest BCUT2D eigenvalue weighted by Crippen LogP contribution is 2.17. The summed E-state index contributed by atoms with van der Waals surface area (Å²) in [4.78, 5) is 8.01. The Hall–Kier alpha value is -2.10. The summed E-state index contributed by atoms with van der Waals surface area (Å²) in [7, 11) is 0. The van der Waals surface area contributed by atoms with Crippen molar-refractivity contribution in [3.05, 3.63) is 48.4 Å². The zero-order valence-electron chi connectivity index (χ0n) is 8.13. The van der Waals surface area contributed by atoms with Crippen LogP contribution in [0.2, 0.25) is 0 Å². The second-order valence-corrected chi connectivity index (χ2v) is 3.05. The van der Waals surface area contributed by atoms with Crippen LogP contribution in [0.3, 0.4) is 0 Å². The summed E-state index contributed by atoms with van der Waals surface area (Å²) in [5.41, 5.74) is 7.21. The molecule has 0 saturated carbocycles. The molecule has 15 heavy (non-hydrogen) atoms. The summed E-state index contributed by atoms with van der Waals surface area (Å²) in [6, 6.07) is 7.32. The molecule has 2 heterocycles. The Balaban J connectivity index is 2.03. The van der Waals surface area contributed by atoms with Crippen LogP contribution in [-0.2, 0) is 6.61 Å². The van der Waals surface area contributed by atoms with Crippen molar-refractivity contribution in [2.45, 2.75) is 6.61 Å². The van der Waals surface area contributed by atoms with Gasteiger partial charge in [0.05, 0.1) is 5.69 Å². The smallest absolute Gasteiger partial charge is 0.237 e. The molecule has 4 nitrogen and oxygen atoms in total. The topological polar surface area (TPSA) is 61.0 Å². The minimum atomic E-state index is 0.426. The zero-order valence-corrected chi connectivity index (χ0v) is 8.13. The third-order valence-electron chi connectivity index (χ3n) is 1.90. The van der Waals surface area contributed by atoms with E-state index in [9.17, 15) is 0 Å². The molecule has 2 rings (SSSR count). The number of nitrogen functional groups attached to an aromatic ring is 1. The number of ether oxygens (including phenoxy) is 1. The van der Waals surface area contributed by atoms with Gasteiger partial charge in [-0.05, 0) is 18.2 Å². The van der Waals surface area contributed by atoms with Crippen LogP contribution >= 0.6 is 0 Å². The number of anilines is 1. The molecule has 0 atom stereocenters. The van der Waals surface area contributed by atoms with E-state index in [1.165, 1.54) is 0 Å². The fourth-order valence-electron chi connectivity index (χ4n) is 1.16. The normalized spacial score (nSPS) is 9.87. The minimum absolute atomic E-state index is 0.426. The van der Waals surface area contributed by atoms with Crippen molar-refractivity contribution < 1.29 is 4.74 Å². The molecule has 2 aromatic heterocycles. The predicted octanol–water partition coefficient (Wildman–Crippen LogP) is 1.64. The van der Waals surface area contributed by atoms with Crippen LogP contribution in [0.4, 0.5) is 5.69 Å². The monoisotopic (exact) mass is 201 g/mol. The molecule has 0 aromatic carbocycles. The summed E-state index contributed by atoms with van der Waals surface area (Å²) in [5, 5.41) is 0. The van der Waals surface area contributed by atoms with Crippen LogP contribution in [0.25, 0.3) is 0 Å². The lowest BCUT2D eigenvalue weighted by Crippen LogP contribution is -2.00. The Morgan fingerprint density at radius 2 is 2.07 bits per heavy atom. The van der Waals surface area contributed by atoms with Gasteiger partial charge in [-0.2, -0.15) is 0 Å². The molecule has 2 N–H and O–H groups in total. The van der Waals surface area contributed by atoms with E-state index in [2.05, 4.69) is 9.97 Å². The molecule has 0 saturated heterocycles. The second-order valence-electron chi connectivity index (χ2n) is 3.05.